The van der Waals surface area contributed by atoms with E-state index in [1.807, 2.05) is 12.1 Å². The predicted molar refractivity (Wildman–Crippen MR) is 140 cm³/mol. The molecule has 1 aliphatic heterocycles. The molecule has 1 fully saturated rings. The van der Waals surface area contributed by atoms with Gasteiger partial charge in [0.25, 0.3) is 10.0 Å². The maximum Gasteiger partial charge on any atom is 0.324 e. The molecular weight excluding hydrogens is 541 g/mol. The molecule has 192 valence electrons. The number of hydrogen-bond donors (Lipinski definition) is 2. The van der Waals surface area contributed by atoms with E-state index in [0.717, 1.165) is 22.8 Å². The van der Waals surface area contributed by atoms with Crippen LogP contribution >= 0.6 is 23.2 Å². The maximum atomic E-state index is 13.4. The number of carboxylic acids is 1. The van der Waals surface area contributed by atoms with E-state index in [4.69, 9.17) is 27.9 Å². The number of nitrogens with one attached hydrogen (secondary N) is 1. The van der Waals surface area contributed by atoms with E-state index in [9.17, 15) is 18.3 Å². The Labute approximate surface area is 222 Å². The fourth-order valence-electron chi connectivity index (χ4n) is 4.12. The highest BCUT2D eigenvalue weighted by Gasteiger charge is 2.28. The molecule has 0 bridgehead atoms. The Kier molecular flexibility index (Phi) is 6.95. The summed E-state index contributed by atoms with van der Waals surface area (Å²) in [7, 11) is -4.28. The van der Waals surface area contributed by atoms with Gasteiger partial charge in [-0.15, -0.1) is 10.2 Å². The van der Waals surface area contributed by atoms with Crippen LogP contribution in [-0.4, -0.2) is 60.1 Å². The van der Waals surface area contributed by atoms with Crippen molar-refractivity contribution in [1.82, 2.24) is 14.8 Å². The van der Waals surface area contributed by atoms with Crippen LogP contribution in [0.3, 0.4) is 0 Å². The van der Waals surface area contributed by atoms with Crippen LogP contribution in [0.5, 0.6) is 0 Å². The van der Waals surface area contributed by atoms with Crippen molar-refractivity contribution in [2.24, 2.45) is 0 Å². The van der Waals surface area contributed by atoms with Gasteiger partial charge in [0.2, 0.25) is 0 Å². The third kappa shape index (κ3) is 5.35. The first kappa shape index (κ1) is 25.3. The number of benzene rings is 2. The largest absolute Gasteiger partial charge is 0.480 e. The lowest BCUT2D eigenvalue weighted by atomic mass is 10.2. The van der Waals surface area contributed by atoms with Crippen molar-refractivity contribution in [3.05, 3.63) is 70.8 Å². The highest BCUT2D eigenvalue weighted by atomic mass is 35.5. The molecule has 1 saturated heterocycles. The summed E-state index contributed by atoms with van der Waals surface area (Å²) in [5.74, 6) is -0.101. The molecule has 13 heteroatoms. The van der Waals surface area contributed by atoms with Crippen LogP contribution in [-0.2, 0) is 19.6 Å². The van der Waals surface area contributed by atoms with Crippen molar-refractivity contribution in [2.75, 3.05) is 29.4 Å². The van der Waals surface area contributed by atoms with E-state index >= 15 is 0 Å². The van der Waals surface area contributed by atoms with Crippen LogP contribution in [0.2, 0.25) is 10.0 Å². The van der Waals surface area contributed by atoms with E-state index in [2.05, 4.69) is 15.5 Å². The van der Waals surface area contributed by atoms with E-state index in [-0.39, 0.29) is 26.7 Å². The summed E-state index contributed by atoms with van der Waals surface area (Å²) in [6.07, 6.45) is 2.69. The number of nitrogens with zero attached hydrogens (tertiary/aromatic N) is 4. The number of anilines is 2. The number of carbonyl (C=O) groups is 1. The fourth-order valence-corrected chi connectivity index (χ4v) is 6.25. The van der Waals surface area contributed by atoms with Crippen molar-refractivity contribution in [1.29, 1.82) is 0 Å². The number of hydrogen-bond acceptors (Lipinski definition) is 7. The minimum Gasteiger partial charge on any atom is -0.480 e. The zero-order chi connectivity index (χ0) is 26.2. The molecule has 3 heterocycles. The predicted octanol–water partition coefficient (Wildman–Crippen LogP) is 4.21. The highest BCUT2D eigenvalue weighted by Crippen LogP contribution is 2.31. The summed E-state index contributed by atoms with van der Waals surface area (Å²) in [6, 6.07) is 14.3. The van der Waals surface area contributed by atoms with Crippen LogP contribution < -0.4 is 9.62 Å². The fraction of sp³-hybridized carbons (Fsp3) is 0.208. The quantitative estimate of drug-likeness (QED) is 0.327. The van der Waals surface area contributed by atoms with Crippen molar-refractivity contribution in [2.45, 2.75) is 17.4 Å². The molecule has 0 radical (unpaired) electrons. The molecule has 0 unspecified atom stereocenters. The van der Waals surface area contributed by atoms with Crippen molar-refractivity contribution < 1.29 is 23.1 Å². The van der Waals surface area contributed by atoms with Gasteiger partial charge in [-0.25, -0.2) is 8.42 Å². The lowest BCUT2D eigenvalue weighted by Crippen LogP contribution is -2.35. The monoisotopic (exact) mass is 561 g/mol. The number of rotatable bonds is 8. The number of carboxylic acid groups (broad SMARTS) is 1. The number of aromatic nitrogens is 3. The molecule has 0 amide bonds. The molecule has 1 atom stereocenters. The van der Waals surface area contributed by atoms with Gasteiger partial charge in [-0.2, -0.15) is 0 Å². The van der Waals surface area contributed by atoms with Gasteiger partial charge in [-0.3, -0.25) is 13.7 Å². The van der Waals surface area contributed by atoms with E-state index in [0.29, 0.717) is 23.6 Å². The first-order chi connectivity index (χ1) is 17.7. The second kappa shape index (κ2) is 10.2. The average Bonchev–Trinajstić information content (AvgIpc) is 3.52. The number of aliphatic carboxylic acids is 1. The van der Waals surface area contributed by atoms with Crippen LogP contribution in [0.1, 0.15) is 6.42 Å². The molecule has 2 aromatic heterocycles. The molecule has 4 aromatic rings. The Morgan fingerprint density at radius 3 is 2.54 bits per heavy atom. The molecular formula is C24H21Cl2N5O5S. The lowest BCUT2D eigenvalue weighted by Gasteiger charge is -2.23. The minimum atomic E-state index is -4.28. The van der Waals surface area contributed by atoms with Gasteiger partial charge in [0.15, 0.2) is 5.82 Å². The van der Waals surface area contributed by atoms with Gasteiger partial charge in [-0.05, 0) is 61.0 Å². The van der Waals surface area contributed by atoms with Gasteiger partial charge in [-0.1, -0.05) is 23.2 Å². The van der Waals surface area contributed by atoms with E-state index in [1.54, 1.807) is 29.0 Å². The van der Waals surface area contributed by atoms with Crippen molar-refractivity contribution in [3.63, 3.8) is 0 Å². The smallest absolute Gasteiger partial charge is 0.324 e. The molecule has 37 heavy (non-hydrogen) atoms. The van der Waals surface area contributed by atoms with Crippen LogP contribution in [0, 0.1) is 0 Å². The van der Waals surface area contributed by atoms with Gasteiger partial charge in [0, 0.05) is 28.2 Å². The van der Waals surface area contributed by atoms with Gasteiger partial charge in [0.1, 0.15) is 12.4 Å². The first-order valence-corrected chi connectivity index (χ1v) is 13.4. The summed E-state index contributed by atoms with van der Waals surface area (Å²) < 4.78 is 34.8. The Morgan fingerprint density at radius 1 is 1.11 bits per heavy atom. The number of ether oxygens (including phenoxy) is 1. The SMILES string of the molecule is O=C(O)CN(c1ccc2c(ccn2-c2ccc(N[C@@H]3CCOC3)nn2)c1)S(=O)(=O)c1cc(Cl)cc(Cl)c1. The molecule has 2 N–H and O–H groups in total. The zero-order valence-electron chi connectivity index (χ0n) is 19.2. The third-order valence-electron chi connectivity index (χ3n) is 5.84. The van der Waals surface area contributed by atoms with Gasteiger partial charge in [0.05, 0.1) is 28.7 Å². The molecule has 0 spiro atoms. The standard InChI is InChI=1S/C24H21Cl2N5O5S/c25-16-10-17(26)12-20(11-16)37(34,35)31(13-24(32)33)19-1-2-21-15(9-19)5-7-30(21)23-4-3-22(28-29-23)27-18-6-8-36-14-18/h1-5,7,9-12,18H,6,8,13-14H2,(H,27,28)(H,32,33)/t18-/m1/s1. The lowest BCUT2D eigenvalue weighted by molar-refractivity contribution is -0.135. The Hall–Kier alpha value is -3.38. The van der Waals surface area contributed by atoms with Crippen LogP contribution in [0.25, 0.3) is 16.7 Å². The molecule has 5 rings (SSSR count). The molecule has 1 aliphatic rings. The number of fused-ring (bicyclic) bond motifs is 1. The Bertz CT molecular complexity index is 1550. The molecule has 10 nitrogen and oxygen atoms in total. The third-order valence-corrected chi connectivity index (χ3v) is 8.03. The van der Waals surface area contributed by atoms with Crippen LogP contribution in [0.15, 0.2) is 65.7 Å². The molecule has 2 aromatic carbocycles. The highest BCUT2D eigenvalue weighted by molar-refractivity contribution is 7.92. The summed E-state index contributed by atoms with van der Waals surface area (Å²) >= 11 is 12.0. The normalized spacial score (nSPS) is 15.7. The Morgan fingerprint density at radius 2 is 1.89 bits per heavy atom. The summed E-state index contributed by atoms with van der Waals surface area (Å²) in [5.41, 5.74) is 0.912. The topological polar surface area (TPSA) is 127 Å². The second-order valence-corrected chi connectivity index (χ2v) is 11.2. The molecule has 0 saturated carbocycles. The van der Waals surface area contributed by atoms with Crippen molar-refractivity contribution >= 4 is 61.6 Å². The summed E-state index contributed by atoms with van der Waals surface area (Å²) in [4.78, 5) is 11.4. The summed E-state index contributed by atoms with van der Waals surface area (Å²) in [6.45, 7) is 0.566. The van der Waals surface area contributed by atoms with Crippen LogP contribution in [0.4, 0.5) is 11.5 Å². The van der Waals surface area contributed by atoms with Gasteiger partial charge >= 0.3 is 5.97 Å². The molecule has 0 aliphatic carbocycles. The van der Waals surface area contributed by atoms with E-state index in [1.165, 1.54) is 24.3 Å². The minimum absolute atomic E-state index is 0.118. The second-order valence-electron chi connectivity index (χ2n) is 8.42. The maximum absolute atomic E-state index is 13.4. The number of sulfonamides is 1. The first-order valence-electron chi connectivity index (χ1n) is 11.2. The van der Waals surface area contributed by atoms with Gasteiger partial charge < -0.3 is 15.2 Å². The summed E-state index contributed by atoms with van der Waals surface area (Å²) in [5, 5.41) is 22.2. The Balaban J connectivity index is 1.47. The zero-order valence-corrected chi connectivity index (χ0v) is 21.5. The average molecular weight is 562 g/mol. The van der Waals surface area contributed by atoms with E-state index < -0.39 is 22.5 Å². The number of halogens is 2. The van der Waals surface area contributed by atoms with Crippen molar-refractivity contribution in [3.8, 4) is 5.82 Å².